The van der Waals surface area contributed by atoms with E-state index in [1.165, 1.54) is 18.7 Å². The summed E-state index contributed by atoms with van der Waals surface area (Å²) in [6.45, 7) is 42.9. The Balaban J connectivity index is 1.88. The van der Waals surface area contributed by atoms with Crippen molar-refractivity contribution in [3.05, 3.63) is 33.7 Å². The number of anilines is 1. The summed E-state index contributed by atoms with van der Waals surface area (Å²) in [6, 6.07) is 0. The molecule has 2 aliphatic carbocycles. The number of aliphatic imine (C=N–C) groups is 1. The van der Waals surface area contributed by atoms with Crippen LogP contribution in [0.2, 0.25) is 0 Å². The Morgan fingerprint density at radius 3 is 1.61 bits per heavy atom. The summed E-state index contributed by atoms with van der Waals surface area (Å²) in [5.41, 5.74) is -0.0113. The molecule has 7 atom stereocenters. The summed E-state index contributed by atoms with van der Waals surface area (Å²) < 4.78 is 19.0. The van der Waals surface area contributed by atoms with Crippen LogP contribution in [0.25, 0.3) is 6.08 Å². The number of aliphatic carboxylic acids is 2. The van der Waals surface area contributed by atoms with E-state index < -0.39 is 75.5 Å². The molecule has 1 aliphatic heterocycles. The van der Waals surface area contributed by atoms with Crippen molar-refractivity contribution in [3.8, 4) is 0 Å². The lowest BCUT2D eigenvalue weighted by Crippen LogP contribution is -2.50. The summed E-state index contributed by atoms with van der Waals surface area (Å²) in [7, 11) is 0. The standard InChI is InChI=1S/C62H98N4O12S2/c1-22-62(20,21)57(75)76-24-23-25-79-36(6)52(69)65-50-46(55(73)77-48-38(58(8,9)10)26-32(2)27-39(48)59(11,12)13)34(4)42(63-50)30-43-35(5)47(51(64-43)66-53(70)37(7)80-44(54(71)72)31-45(67)68)56(74)78-49-40(60(14,15)16)28-33(3)29-41(49)61(17,18)19/h30,32-33,36-41,44,48-49,64H,22-29,31H2,1-21H3,(H,66,70)(H,67,68)(H,71,72)(H,63,65,69)/b42-30-. The second-order valence-electron chi connectivity index (χ2n) is 28.1. The number of nitrogens with one attached hydrogen (secondary N) is 3. The second kappa shape index (κ2) is 26.8. The van der Waals surface area contributed by atoms with Gasteiger partial charge in [-0.15, -0.1) is 23.5 Å². The van der Waals surface area contributed by atoms with Crippen LogP contribution in [0.1, 0.15) is 205 Å². The Kier molecular flexibility index (Phi) is 22.7. The van der Waals surface area contributed by atoms with Gasteiger partial charge in [0.25, 0.3) is 0 Å². The Labute approximate surface area is 486 Å². The number of nitrogens with zero attached hydrogens (tertiary/aromatic N) is 1. The largest absolute Gasteiger partial charge is 0.481 e. The van der Waals surface area contributed by atoms with Crippen LogP contribution in [0.3, 0.4) is 0 Å². The van der Waals surface area contributed by atoms with Crippen LogP contribution in [0.4, 0.5) is 5.82 Å². The van der Waals surface area contributed by atoms with Crippen LogP contribution in [0.5, 0.6) is 0 Å². The van der Waals surface area contributed by atoms with Crippen LogP contribution in [0.15, 0.2) is 21.8 Å². The van der Waals surface area contributed by atoms with E-state index in [1.807, 2.05) is 20.8 Å². The van der Waals surface area contributed by atoms with Crippen molar-refractivity contribution >= 4 is 82.9 Å². The zero-order valence-electron chi connectivity index (χ0n) is 52.0. The van der Waals surface area contributed by atoms with E-state index in [1.54, 1.807) is 26.8 Å². The summed E-state index contributed by atoms with van der Waals surface area (Å²) in [4.78, 5) is 103. The molecule has 0 bridgehead atoms. The summed E-state index contributed by atoms with van der Waals surface area (Å²) in [5, 5.41) is 21.9. The first-order chi connectivity index (χ1) is 36.6. The molecule has 16 nitrogen and oxygen atoms in total. The number of ether oxygens (including phenoxy) is 3. The number of carboxylic acids is 2. The molecule has 2 heterocycles. The van der Waals surface area contributed by atoms with Crippen LogP contribution >= 0.6 is 23.5 Å². The molecule has 18 heteroatoms. The van der Waals surface area contributed by atoms with Crippen molar-refractivity contribution in [2.45, 2.75) is 218 Å². The summed E-state index contributed by atoms with van der Waals surface area (Å²) >= 11 is 2.05. The van der Waals surface area contributed by atoms with Crippen molar-refractivity contribution in [2.24, 2.45) is 67.6 Å². The normalized spacial score (nSPS) is 24.8. The van der Waals surface area contributed by atoms with Gasteiger partial charge in [0.05, 0.1) is 34.6 Å². The van der Waals surface area contributed by atoms with Crippen molar-refractivity contribution in [3.63, 3.8) is 0 Å². The molecule has 1 aromatic rings. The van der Waals surface area contributed by atoms with Crippen molar-refractivity contribution in [1.82, 2.24) is 10.3 Å². The van der Waals surface area contributed by atoms with Crippen molar-refractivity contribution in [2.75, 3.05) is 17.7 Å². The predicted molar refractivity (Wildman–Crippen MR) is 320 cm³/mol. The van der Waals surface area contributed by atoms with Gasteiger partial charge in [-0.25, -0.2) is 14.6 Å². The number of allylic oxidation sites excluding steroid dienone is 1. The van der Waals surface area contributed by atoms with Gasteiger partial charge in [-0.3, -0.25) is 24.0 Å². The summed E-state index contributed by atoms with van der Waals surface area (Å²) in [5.74, 6) is -4.12. The van der Waals surface area contributed by atoms with E-state index in [9.17, 15) is 34.2 Å². The van der Waals surface area contributed by atoms with E-state index in [0.717, 1.165) is 25.7 Å². The van der Waals surface area contributed by atoms with Gasteiger partial charge in [0.1, 0.15) is 40.2 Å². The first kappa shape index (κ1) is 67.9. The third-order valence-electron chi connectivity index (χ3n) is 16.9. The number of esters is 3. The third kappa shape index (κ3) is 17.5. The van der Waals surface area contributed by atoms with Crippen LogP contribution in [0, 0.1) is 69.5 Å². The number of rotatable bonds is 20. The lowest BCUT2D eigenvalue weighted by atomic mass is 9.59. The maximum absolute atomic E-state index is 15.1. The topological polar surface area (TPSA) is 240 Å². The molecule has 0 radical (unpaired) electrons. The maximum atomic E-state index is 15.1. The molecule has 1 aromatic heterocycles. The van der Waals surface area contributed by atoms with E-state index in [0.29, 0.717) is 59.0 Å². The fourth-order valence-electron chi connectivity index (χ4n) is 11.4. The van der Waals surface area contributed by atoms with Gasteiger partial charge in [-0.2, -0.15) is 0 Å². The highest BCUT2D eigenvalue weighted by Gasteiger charge is 2.50. The number of H-pyrrole nitrogens is 1. The minimum atomic E-state index is -1.43. The number of carbonyl (C=O) groups is 7. The van der Waals surface area contributed by atoms with E-state index >= 15 is 9.59 Å². The van der Waals surface area contributed by atoms with Gasteiger partial charge >= 0.3 is 29.8 Å². The fraction of sp³-hybridized carbons (Fsp3) is 0.742. The number of carboxylic acid groups (broad SMARTS) is 2. The molecule has 80 heavy (non-hydrogen) atoms. The number of aromatic amines is 1. The zero-order chi connectivity index (χ0) is 60.9. The number of aromatic nitrogens is 1. The predicted octanol–water partition coefficient (Wildman–Crippen LogP) is 12.9. The van der Waals surface area contributed by atoms with E-state index in [2.05, 4.69) is 113 Å². The molecule has 7 unspecified atom stereocenters. The maximum Gasteiger partial charge on any atom is 0.342 e. The molecule has 2 saturated carbocycles. The minimum absolute atomic E-state index is 0.00116. The average molecular weight is 1160 g/mol. The summed E-state index contributed by atoms with van der Waals surface area (Å²) in [6.07, 6.45) is 4.54. The van der Waals surface area contributed by atoms with E-state index in [-0.39, 0.29) is 86.4 Å². The number of thioether (sulfide) groups is 2. The molecule has 4 rings (SSSR count). The Bertz CT molecular complexity index is 2500. The Morgan fingerprint density at radius 1 is 0.713 bits per heavy atom. The lowest BCUT2D eigenvalue weighted by Gasteiger charge is -2.50. The van der Waals surface area contributed by atoms with Crippen LogP contribution in [-0.2, 0) is 43.0 Å². The molecular weight excluding hydrogens is 1060 g/mol. The van der Waals surface area contributed by atoms with E-state index in [4.69, 9.17) is 19.2 Å². The van der Waals surface area contributed by atoms with Crippen molar-refractivity contribution in [1.29, 1.82) is 0 Å². The third-order valence-corrected chi connectivity index (χ3v) is 19.5. The number of amidine groups is 1. The van der Waals surface area contributed by atoms with Gasteiger partial charge in [-0.1, -0.05) is 104 Å². The first-order valence-electron chi connectivity index (χ1n) is 28.8. The number of amides is 2. The molecule has 2 fully saturated rings. The Hall–Kier alpha value is -4.58. The average Bonchev–Trinajstić information content (AvgIpc) is 3.79. The molecule has 3 aliphatic rings. The van der Waals surface area contributed by atoms with Gasteiger partial charge in [0.15, 0.2) is 0 Å². The highest BCUT2D eigenvalue weighted by Crippen LogP contribution is 2.52. The SMILES string of the molecule is CCC(C)(C)C(=O)OCCCSC(C)C(=O)NC1=N/C(=C\c2[nH]c(NC(=O)C(C)SC(CC(=O)O)C(=O)O)c(C(=O)OC3C(C(C)(C)C)CC(C)CC3C(C)(C)C)c2C)C(C)=C1C(=O)OC1C(C(C)(C)C)CC(C)CC1C(C)(C)C. The molecule has 0 spiro atoms. The minimum Gasteiger partial charge on any atom is -0.481 e. The van der Waals surface area contributed by atoms with Crippen molar-refractivity contribution < 1.29 is 58.0 Å². The fourth-order valence-corrected chi connectivity index (χ4v) is 13.3. The highest BCUT2D eigenvalue weighted by atomic mass is 32.2. The number of carbonyl (C=O) groups excluding carboxylic acids is 5. The van der Waals surface area contributed by atoms with Gasteiger partial charge in [0, 0.05) is 29.4 Å². The smallest absolute Gasteiger partial charge is 0.342 e. The van der Waals surface area contributed by atoms with Gasteiger partial charge < -0.3 is 40.0 Å². The number of hydrogen-bond acceptors (Lipinski definition) is 13. The quantitative estimate of drug-likeness (QED) is 0.0464. The molecule has 0 aromatic carbocycles. The zero-order valence-corrected chi connectivity index (χ0v) is 53.7. The molecule has 5 N–H and O–H groups in total. The van der Waals surface area contributed by atoms with Gasteiger partial charge in [-0.05, 0) is 137 Å². The molecule has 2 amide bonds. The van der Waals surface area contributed by atoms with Gasteiger partial charge in [0.2, 0.25) is 11.8 Å². The lowest BCUT2D eigenvalue weighted by molar-refractivity contribution is -0.164. The second-order valence-corrected chi connectivity index (χ2v) is 31.1. The first-order valence-corrected chi connectivity index (χ1v) is 30.8. The Morgan fingerprint density at radius 2 is 1.18 bits per heavy atom. The monoisotopic (exact) mass is 1150 g/mol. The molecule has 0 saturated heterocycles. The van der Waals surface area contributed by atoms with Crippen LogP contribution < -0.4 is 10.6 Å². The molecule has 450 valence electrons. The number of hydrogen-bond donors (Lipinski definition) is 5. The molecular formula is C62H98N4O12S2. The highest BCUT2D eigenvalue weighted by molar-refractivity contribution is 8.01. The van der Waals surface area contributed by atoms with Crippen LogP contribution in [-0.4, -0.2) is 103 Å².